The molecule has 27 heavy (non-hydrogen) atoms. The number of nitrogens with two attached hydrogens (primary N) is 1. The summed E-state index contributed by atoms with van der Waals surface area (Å²) in [4.78, 5) is 15.2. The van der Waals surface area contributed by atoms with Crippen LogP contribution in [0.25, 0.3) is 0 Å². The summed E-state index contributed by atoms with van der Waals surface area (Å²) in [5, 5.41) is 0. The van der Waals surface area contributed by atoms with E-state index in [2.05, 4.69) is 13.8 Å². The SMILES string of the molecule is COc1ccc(CCN(CC(C)C)C(=O)[C@@H]2CCC[C@@H]2CN)cc1OC.Cl. The molecule has 0 aromatic heterocycles. The molecular weight excluding hydrogens is 364 g/mol. The van der Waals surface area contributed by atoms with Crippen LogP contribution in [0.5, 0.6) is 11.5 Å². The van der Waals surface area contributed by atoms with Crippen LogP contribution in [0.2, 0.25) is 0 Å². The summed E-state index contributed by atoms with van der Waals surface area (Å²) in [6, 6.07) is 5.96. The van der Waals surface area contributed by atoms with E-state index in [1.54, 1.807) is 14.2 Å². The molecular formula is C21H35ClN2O3. The van der Waals surface area contributed by atoms with Crippen molar-refractivity contribution in [1.29, 1.82) is 0 Å². The second-order valence-electron chi connectivity index (χ2n) is 7.65. The number of benzene rings is 1. The van der Waals surface area contributed by atoms with Crippen LogP contribution in [0.15, 0.2) is 18.2 Å². The largest absolute Gasteiger partial charge is 0.493 e. The van der Waals surface area contributed by atoms with Crippen molar-refractivity contribution in [3.8, 4) is 11.5 Å². The lowest BCUT2D eigenvalue weighted by Gasteiger charge is -2.29. The van der Waals surface area contributed by atoms with Gasteiger partial charge in [-0.3, -0.25) is 4.79 Å². The van der Waals surface area contributed by atoms with Gasteiger partial charge in [-0.05, 0) is 55.3 Å². The minimum Gasteiger partial charge on any atom is -0.493 e. The normalized spacial score (nSPS) is 18.9. The van der Waals surface area contributed by atoms with Gasteiger partial charge in [0.1, 0.15) is 0 Å². The summed E-state index contributed by atoms with van der Waals surface area (Å²) >= 11 is 0. The number of methoxy groups -OCH3 is 2. The minimum atomic E-state index is 0. The van der Waals surface area contributed by atoms with E-state index in [0.717, 1.165) is 55.8 Å². The van der Waals surface area contributed by atoms with E-state index in [9.17, 15) is 4.79 Å². The number of halogens is 1. The van der Waals surface area contributed by atoms with Gasteiger partial charge in [0.15, 0.2) is 11.5 Å². The smallest absolute Gasteiger partial charge is 0.226 e. The Morgan fingerprint density at radius 3 is 2.52 bits per heavy atom. The Morgan fingerprint density at radius 2 is 1.93 bits per heavy atom. The highest BCUT2D eigenvalue weighted by atomic mass is 35.5. The predicted octanol–water partition coefficient (Wildman–Crippen LogP) is 3.53. The van der Waals surface area contributed by atoms with Crippen molar-refractivity contribution >= 4 is 18.3 Å². The van der Waals surface area contributed by atoms with Gasteiger partial charge < -0.3 is 20.1 Å². The molecule has 5 nitrogen and oxygen atoms in total. The first-order valence-electron chi connectivity index (χ1n) is 9.69. The van der Waals surface area contributed by atoms with Crippen LogP contribution in [0, 0.1) is 17.8 Å². The number of hydrogen-bond acceptors (Lipinski definition) is 4. The average Bonchev–Trinajstić information content (AvgIpc) is 3.12. The monoisotopic (exact) mass is 398 g/mol. The summed E-state index contributed by atoms with van der Waals surface area (Å²) in [7, 11) is 3.28. The highest BCUT2D eigenvalue weighted by molar-refractivity contribution is 5.85. The van der Waals surface area contributed by atoms with Crippen molar-refractivity contribution in [3.63, 3.8) is 0 Å². The Kier molecular flexibility index (Phi) is 9.95. The number of nitrogens with zero attached hydrogens (tertiary/aromatic N) is 1. The fourth-order valence-electron chi connectivity index (χ4n) is 3.91. The molecule has 0 heterocycles. The molecule has 2 N–H and O–H groups in total. The van der Waals surface area contributed by atoms with Crippen LogP contribution < -0.4 is 15.2 Å². The van der Waals surface area contributed by atoms with E-state index < -0.39 is 0 Å². The molecule has 1 aliphatic carbocycles. The number of amides is 1. The molecule has 0 bridgehead atoms. The maximum absolute atomic E-state index is 13.1. The molecule has 1 aromatic rings. The van der Waals surface area contributed by atoms with E-state index in [1.165, 1.54) is 0 Å². The van der Waals surface area contributed by atoms with Gasteiger partial charge >= 0.3 is 0 Å². The maximum atomic E-state index is 13.1. The Hall–Kier alpha value is -1.46. The first-order valence-corrected chi connectivity index (χ1v) is 9.69. The highest BCUT2D eigenvalue weighted by Gasteiger charge is 2.34. The second kappa shape index (κ2) is 11.4. The van der Waals surface area contributed by atoms with Gasteiger partial charge in [-0.15, -0.1) is 12.4 Å². The Morgan fingerprint density at radius 1 is 1.22 bits per heavy atom. The first kappa shape index (κ1) is 23.6. The molecule has 0 spiro atoms. The van der Waals surface area contributed by atoms with E-state index in [0.29, 0.717) is 18.4 Å². The van der Waals surface area contributed by atoms with Gasteiger partial charge in [0.25, 0.3) is 0 Å². The third kappa shape index (κ3) is 6.28. The van der Waals surface area contributed by atoms with Crippen LogP contribution in [-0.2, 0) is 11.2 Å². The molecule has 2 atom stereocenters. The number of ether oxygens (including phenoxy) is 2. The van der Waals surface area contributed by atoms with Crippen LogP contribution >= 0.6 is 12.4 Å². The number of rotatable bonds is 9. The summed E-state index contributed by atoms with van der Waals surface area (Å²) in [5.74, 6) is 2.63. The highest BCUT2D eigenvalue weighted by Crippen LogP contribution is 2.33. The van der Waals surface area contributed by atoms with Gasteiger partial charge in [-0.2, -0.15) is 0 Å². The van der Waals surface area contributed by atoms with Crippen molar-refractivity contribution in [2.45, 2.75) is 39.5 Å². The summed E-state index contributed by atoms with van der Waals surface area (Å²) in [5.41, 5.74) is 7.04. The molecule has 1 amide bonds. The summed E-state index contributed by atoms with van der Waals surface area (Å²) in [6.07, 6.45) is 3.98. The zero-order valence-corrected chi connectivity index (χ0v) is 17.9. The number of hydrogen-bond donors (Lipinski definition) is 1. The lowest BCUT2D eigenvalue weighted by atomic mass is 9.94. The molecule has 0 aliphatic heterocycles. The third-order valence-electron chi connectivity index (χ3n) is 5.29. The molecule has 154 valence electrons. The van der Waals surface area contributed by atoms with Crippen LogP contribution in [0.1, 0.15) is 38.7 Å². The summed E-state index contributed by atoms with van der Waals surface area (Å²) < 4.78 is 10.7. The van der Waals surface area contributed by atoms with E-state index in [-0.39, 0.29) is 24.2 Å². The van der Waals surface area contributed by atoms with E-state index >= 15 is 0 Å². The molecule has 1 aromatic carbocycles. The molecule has 0 radical (unpaired) electrons. The van der Waals surface area contributed by atoms with Gasteiger partial charge in [0.05, 0.1) is 14.2 Å². The first-order chi connectivity index (χ1) is 12.5. The predicted molar refractivity (Wildman–Crippen MR) is 112 cm³/mol. The lowest BCUT2D eigenvalue weighted by Crippen LogP contribution is -2.42. The van der Waals surface area contributed by atoms with Crippen molar-refractivity contribution < 1.29 is 14.3 Å². The average molecular weight is 399 g/mol. The quantitative estimate of drug-likeness (QED) is 0.691. The summed E-state index contributed by atoms with van der Waals surface area (Å²) in [6.45, 7) is 6.44. The number of carbonyl (C=O) groups excluding carboxylic acids is 1. The molecule has 0 unspecified atom stereocenters. The van der Waals surface area contributed by atoms with Crippen molar-refractivity contribution in [2.24, 2.45) is 23.5 Å². The third-order valence-corrected chi connectivity index (χ3v) is 5.29. The zero-order valence-electron chi connectivity index (χ0n) is 17.1. The Labute approximate surface area is 170 Å². The van der Waals surface area contributed by atoms with Gasteiger partial charge in [0.2, 0.25) is 5.91 Å². The van der Waals surface area contributed by atoms with Gasteiger partial charge in [-0.25, -0.2) is 0 Å². The van der Waals surface area contributed by atoms with Crippen LogP contribution in [0.4, 0.5) is 0 Å². The van der Waals surface area contributed by atoms with Gasteiger partial charge in [-0.1, -0.05) is 26.3 Å². The number of carbonyl (C=O) groups is 1. The fourth-order valence-corrected chi connectivity index (χ4v) is 3.91. The lowest BCUT2D eigenvalue weighted by molar-refractivity contribution is -0.137. The molecule has 1 saturated carbocycles. The molecule has 1 fully saturated rings. The van der Waals surface area contributed by atoms with Gasteiger partial charge in [0, 0.05) is 19.0 Å². The van der Waals surface area contributed by atoms with Crippen molar-refractivity contribution in [2.75, 3.05) is 33.9 Å². The fraction of sp³-hybridized carbons (Fsp3) is 0.667. The Balaban J connectivity index is 0.00000364. The van der Waals surface area contributed by atoms with Crippen molar-refractivity contribution in [1.82, 2.24) is 4.90 Å². The zero-order chi connectivity index (χ0) is 19.1. The second-order valence-corrected chi connectivity index (χ2v) is 7.65. The van der Waals surface area contributed by atoms with E-state index in [1.807, 2.05) is 23.1 Å². The molecule has 0 saturated heterocycles. The topological polar surface area (TPSA) is 64.8 Å². The van der Waals surface area contributed by atoms with Crippen LogP contribution in [-0.4, -0.2) is 44.7 Å². The Bertz CT molecular complexity index is 595. The molecule has 6 heteroatoms. The maximum Gasteiger partial charge on any atom is 0.226 e. The van der Waals surface area contributed by atoms with Crippen molar-refractivity contribution in [3.05, 3.63) is 23.8 Å². The standard InChI is InChI=1S/C21H34N2O3.ClH/c1-15(2)14-23(21(24)18-7-5-6-17(18)13-22)11-10-16-8-9-19(25-3)20(12-16)26-4;/h8-9,12,15,17-18H,5-7,10-11,13-14,22H2,1-4H3;1H/t17-,18-;/m1./s1. The van der Waals surface area contributed by atoms with E-state index in [4.69, 9.17) is 15.2 Å². The van der Waals surface area contributed by atoms with Crippen LogP contribution in [0.3, 0.4) is 0 Å². The molecule has 2 rings (SSSR count). The molecule has 1 aliphatic rings. The minimum absolute atomic E-state index is 0.